The standard InChI is InChI=1S/C13H19NO/c1-11-13(10-14,7-8-15-11)9-12-5-3-2-4-6-12/h2-6,11H,7-10,14H2,1H3. The van der Waals surface area contributed by atoms with Gasteiger partial charge in [0.15, 0.2) is 0 Å². The Hall–Kier alpha value is -0.860. The average Bonchev–Trinajstić information content (AvgIpc) is 2.62. The fraction of sp³-hybridized carbons (Fsp3) is 0.538. The van der Waals surface area contributed by atoms with E-state index in [2.05, 4.69) is 31.2 Å². The summed E-state index contributed by atoms with van der Waals surface area (Å²) in [5, 5.41) is 0. The first-order valence-electron chi connectivity index (χ1n) is 5.62. The summed E-state index contributed by atoms with van der Waals surface area (Å²) in [6.45, 7) is 3.71. The third-order valence-corrected chi connectivity index (χ3v) is 3.64. The SMILES string of the molecule is CC1OCCC1(CN)Cc1ccccc1. The van der Waals surface area contributed by atoms with Crippen LogP contribution in [0.1, 0.15) is 18.9 Å². The van der Waals surface area contributed by atoms with Gasteiger partial charge in [0.1, 0.15) is 0 Å². The molecule has 2 rings (SSSR count). The molecular weight excluding hydrogens is 186 g/mol. The van der Waals surface area contributed by atoms with Crippen LogP contribution in [-0.2, 0) is 11.2 Å². The Kier molecular flexibility index (Phi) is 3.08. The van der Waals surface area contributed by atoms with E-state index in [1.54, 1.807) is 0 Å². The molecule has 2 atom stereocenters. The smallest absolute Gasteiger partial charge is 0.0619 e. The molecule has 2 nitrogen and oxygen atoms in total. The highest BCUT2D eigenvalue weighted by molar-refractivity contribution is 5.17. The lowest BCUT2D eigenvalue weighted by molar-refractivity contribution is 0.0673. The molecule has 2 unspecified atom stereocenters. The molecule has 1 aliphatic heterocycles. The molecule has 1 saturated heterocycles. The van der Waals surface area contributed by atoms with E-state index in [1.807, 2.05) is 6.07 Å². The monoisotopic (exact) mass is 205 g/mol. The van der Waals surface area contributed by atoms with Crippen LogP contribution in [0.2, 0.25) is 0 Å². The molecule has 1 aromatic carbocycles. The van der Waals surface area contributed by atoms with Crippen molar-refractivity contribution in [2.45, 2.75) is 25.9 Å². The van der Waals surface area contributed by atoms with Crippen molar-refractivity contribution in [3.8, 4) is 0 Å². The second-order valence-electron chi connectivity index (χ2n) is 4.49. The lowest BCUT2D eigenvalue weighted by Crippen LogP contribution is -2.38. The minimum absolute atomic E-state index is 0.154. The minimum atomic E-state index is 0.154. The lowest BCUT2D eigenvalue weighted by Gasteiger charge is -2.30. The quantitative estimate of drug-likeness (QED) is 0.819. The van der Waals surface area contributed by atoms with Crippen molar-refractivity contribution in [2.75, 3.05) is 13.2 Å². The van der Waals surface area contributed by atoms with Gasteiger partial charge < -0.3 is 10.5 Å². The van der Waals surface area contributed by atoms with Crippen molar-refractivity contribution < 1.29 is 4.74 Å². The summed E-state index contributed by atoms with van der Waals surface area (Å²) < 4.78 is 5.65. The van der Waals surface area contributed by atoms with Crippen molar-refractivity contribution >= 4 is 0 Å². The number of nitrogens with two attached hydrogens (primary N) is 1. The van der Waals surface area contributed by atoms with Gasteiger partial charge >= 0.3 is 0 Å². The van der Waals surface area contributed by atoms with Crippen molar-refractivity contribution in [1.29, 1.82) is 0 Å². The average molecular weight is 205 g/mol. The number of hydrogen-bond acceptors (Lipinski definition) is 2. The Balaban J connectivity index is 2.15. The second kappa shape index (κ2) is 4.33. The molecule has 0 radical (unpaired) electrons. The van der Waals surface area contributed by atoms with Crippen LogP contribution in [0.4, 0.5) is 0 Å². The molecule has 0 aromatic heterocycles. The van der Waals surface area contributed by atoms with E-state index in [4.69, 9.17) is 10.5 Å². The molecule has 82 valence electrons. The largest absolute Gasteiger partial charge is 0.378 e. The van der Waals surface area contributed by atoms with Gasteiger partial charge in [-0.3, -0.25) is 0 Å². The van der Waals surface area contributed by atoms with E-state index in [0.29, 0.717) is 6.54 Å². The van der Waals surface area contributed by atoms with Crippen molar-refractivity contribution in [1.82, 2.24) is 0 Å². The molecule has 0 amide bonds. The maximum Gasteiger partial charge on any atom is 0.0619 e. The Morgan fingerprint density at radius 1 is 1.40 bits per heavy atom. The summed E-state index contributed by atoms with van der Waals surface area (Å²) in [4.78, 5) is 0. The number of rotatable bonds is 3. The maximum absolute atomic E-state index is 5.93. The fourth-order valence-corrected chi connectivity index (χ4v) is 2.39. The summed E-state index contributed by atoms with van der Waals surface area (Å²) in [5.41, 5.74) is 7.44. The molecule has 0 spiro atoms. The Bertz CT molecular complexity index is 312. The third kappa shape index (κ3) is 2.06. The fourth-order valence-electron chi connectivity index (χ4n) is 2.39. The van der Waals surface area contributed by atoms with Crippen molar-refractivity contribution in [3.63, 3.8) is 0 Å². The van der Waals surface area contributed by atoms with E-state index in [0.717, 1.165) is 19.4 Å². The van der Waals surface area contributed by atoms with E-state index >= 15 is 0 Å². The first-order chi connectivity index (χ1) is 7.27. The molecule has 0 aliphatic carbocycles. The van der Waals surface area contributed by atoms with Crippen LogP contribution in [0.5, 0.6) is 0 Å². The van der Waals surface area contributed by atoms with Gasteiger partial charge in [0, 0.05) is 18.6 Å². The first kappa shape index (κ1) is 10.7. The molecule has 1 heterocycles. The molecule has 1 fully saturated rings. The van der Waals surface area contributed by atoms with E-state index in [9.17, 15) is 0 Å². The Morgan fingerprint density at radius 3 is 2.67 bits per heavy atom. The normalized spacial score (nSPS) is 30.7. The molecule has 2 heteroatoms. The van der Waals surface area contributed by atoms with Crippen LogP contribution in [0.15, 0.2) is 30.3 Å². The van der Waals surface area contributed by atoms with Crippen LogP contribution < -0.4 is 5.73 Å². The lowest BCUT2D eigenvalue weighted by atomic mass is 9.76. The maximum atomic E-state index is 5.93. The molecule has 2 N–H and O–H groups in total. The molecule has 0 saturated carbocycles. The van der Waals surface area contributed by atoms with Gasteiger partial charge in [-0.05, 0) is 25.3 Å². The van der Waals surface area contributed by atoms with E-state index < -0.39 is 0 Å². The predicted octanol–water partition coefficient (Wildman–Crippen LogP) is 1.98. The first-order valence-corrected chi connectivity index (χ1v) is 5.62. The molecular formula is C13H19NO. The highest BCUT2D eigenvalue weighted by atomic mass is 16.5. The van der Waals surface area contributed by atoms with Gasteiger partial charge in [-0.1, -0.05) is 30.3 Å². The zero-order valence-corrected chi connectivity index (χ0v) is 9.28. The molecule has 1 aromatic rings. The van der Waals surface area contributed by atoms with Crippen LogP contribution in [0, 0.1) is 5.41 Å². The van der Waals surface area contributed by atoms with Crippen LogP contribution in [0.3, 0.4) is 0 Å². The zero-order valence-electron chi connectivity index (χ0n) is 9.28. The summed E-state index contributed by atoms with van der Waals surface area (Å²) in [5.74, 6) is 0. The highest BCUT2D eigenvalue weighted by Gasteiger charge is 2.40. The Morgan fingerprint density at radius 2 is 2.13 bits per heavy atom. The van der Waals surface area contributed by atoms with Gasteiger partial charge in [-0.15, -0.1) is 0 Å². The summed E-state index contributed by atoms with van der Waals surface area (Å²) in [6.07, 6.45) is 2.40. The number of hydrogen-bond donors (Lipinski definition) is 1. The van der Waals surface area contributed by atoms with Crippen LogP contribution in [-0.4, -0.2) is 19.3 Å². The van der Waals surface area contributed by atoms with Crippen LogP contribution in [0.25, 0.3) is 0 Å². The highest BCUT2D eigenvalue weighted by Crippen LogP contribution is 2.37. The van der Waals surface area contributed by atoms with Gasteiger partial charge in [0.05, 0.1) is 6.10 Å². The van der Waals surface area contributed by atoms with E-state index in [-0.39, 0.29) is 11.5 Å². The zero-order chi connectivity index (χ0) is 10.7. The third-order valence-electron chi connectivity index (χ3n) is 3.64. The molecule has 15 heavy (non-hydrogen) atoms. The van der Waals surface area contributed by atoms with Crippen molar-refractivity contribution in [2.24, 2.45) is 11.1 Å². The number of benzene rings is 1. The van der Waals surface area contributed by atoms with E-state index in [1.165, 1.54) is 5.56 Å². The van der Waals surface area contributed by atoms with Gasteiger partial charge in [-0.25, -0.2) is 0 Å². The second-order valence-corrected chi connectivity index (χ2v) is 4.49. The Labute approximate surface area is 91.4 Å². The van der Waals surface area contributed by atoms with Crippen molar-refractivity contribution in [3.05, 3.63) is 35.9 Å². The molecule has 0 bridgehead atoms. The predicted molar refractivity (Wildman–Crippen MR) is 61.7 cm³/mol. The van der Waals surface area contributed by atoms with Crippen LogP contribution >= 0.6 is 0 Å². The minimum Gasteiger partial charge on any atom is -0.378 e. The van der Waals surface area contributed by atoms with Gasteiger partial charge in [0.25, 0.3) is 0 Å². The number of ether oxygens (including phenoxy) is 1. The summed E-state index contributed by atoms with van der Waals surface area (Å²) in [6, 6.07) is 10.6. The summed E-state index contributed by atoms with van der Waals surface area (Å²) >= 11 is 0. The summed E-state index contributed by atoms with van der Waals surface area (Å²) in [7, 11) is 0. The van der Waals surface area contributed by atoms with Gasteiger partial charge in [-0.2, -0.15) is 0 Å². The van der Waals surface area contributed by atoms with Gasteiger partial charge in [0.2, 0.25) is 0 Å². The molecule has 1 aliphatic rings. The topological polar surface area (TPSA) is 35.2 Å².